The summed E-state index contributed by atoms with van der Waals surface area (Å²) in [6.07, 6.45) is -2.78. The molecule has 0 amide bonds. The van der Waals surface area contributed by atoms with Crippen molar-refractivity contribution < 1.29 is 13.6 Å². The zero-order valence-electron chi connectivity index (χ0n) is 7.09. The Labute approximate surface area is 77.7 Å². The van der Waals surface area contributed by atoms with Gasteiger partial charge in [0.05, 0.1) is 11.3 Å². The minimum Gasteiger partial charge on any atom is -0.355 e. The van der Waals surface area contributed by atoms with Crippen LogP contribution in [0.15, 0.2) is 10.9 Å². The van der Waals surface area contributed by atoms with Gasteiger partial charge in [-0.25, -0.2) is 8.78 Å². The molecule has 0 radical (unpaired) electrons. The van der Waals surface area contributed by atoms with E-state index >= 15 is 0 Å². The number of carbonyl (C=O) groups is 1. The Balaban J connectivity index is 3.42. The number of nitrogens with one attached hydrogen (secondary N) is 1. The van der Waals surface area contributed by atoms with E-state index in [1.807, 2.05) is 0 Å². The number of alkyl halides is 2. The van der Waals surface area contributed by atoms with Crippen LogP contribution in [0.5, 0.6) is 0 Å². The molecule has 0 aliphatic carbocycles. The number of hydrogen-bond acceptors (Lipinski definition) is 3. The van der Waals surface area contributed by atoms with Gasteiger partial charge in [-0.05, 0) is 0 Å². The molecule has 0 aromatic carbocycles. The summed E-state index contributed by atoms with van der Waals surface area (Å²) in [5.74, 6) is 0. The third-order valence-electron chi connectivity index (χ3n) is 1.71. The fourth-order valence-corrected chi connectivity index (χ4v) is 1.07. The minimum absolute atomic E-state index is 0.0143. The Kier molecular flexibility index (Phi) is 3.08. The minimum atomic E-state index is -2.97. The highest BCUT2D eigenvalue weighted by Crippen LogP contribution is 2.16. The van der Waals surface area contributed by atoms with E-state index in [4.69, 9.17) is 5.73 Å². The first kappa shape index (κ1) is 10.5. The number of hydrogen-bond donors (Lipinski definition) is 2. The Morgan fingerprint density at radius 3 is 2.64 bits per heavy atom. The van der Waals surface area contributed by atoms with Crippen LogP contribution in [-0.2, 0) is 6.54 Å². The molecule has 3 N–H and O–H groups in total. The van der Waals surface area contributed by atoms with Gasteiger partial charge in [0, 0.05) is 18.3 Å². The fourth-order valence-electron chi connectivity index (χ4n) is 1.07. The number of carbonyl (C=O) groups excluding carboxylic acids is 1. The van der Waals surface area contributed by atoms with Crippen LogP contribution in [-0.4, -0.2) is 11.3 Å². The molecule has 0 spiro atoms. The first-order valence-electron chi connectivity index (χ1n) is 3.79. The summed E-state index contributed by atoms with van der Waals surface area (Å²) in [4.78, 5) is 23.9. The SMILES string of the molecule is NCc1cc(=O)c(C(F)F)c(C=O)[nH]1. The van der Waals surface area contributed by atoms with Gasteiger partial charge >= 0.3 is 0 Å². The number of rotatable bonds is 3. The molecular weight excluding hydrogens is 194 g/mol. The third kappa shape index (κ3) is 1.85. The van der Waals surface area contributed by atoms with Gasteiger partial charge in [0.2, 0.25) is 0 Å². The number of aldehydes is 1. The summed E-state index contributed by atoms with van der Waals surface area (Å²) < 4.78 is 24.6. The van der Waals surface area contributed by atoms with Crippen LogP contribution in [0.3, 0.4) is 0 Å². The normalized spacial score (nSPS) is 10.6. The van der Waals surface area contributed by atoms with Crippen LogP contribution < -0.4 is 11.2 Å². The number of aromatic nitrogens is 1. The molecule has 6 heteroatoms. The molecule has 0 atom stereocenters. The molecule has 1 rings (SSSR count). The first-order valence-corrected chi connectivity index (χ1v) is 3.79. The number of H-pyrrole nitrogens is 1. The molecule has 76 valence electrons. The maximum atomic E-state index is 12.3. The Hall–Kier alpha value is -1.56. The van der Waals surface area contributed by atoms with Crippen LogP contribution in [0.1, 0.15) is 28.2 Å². The molecule has 1 aromatic heterocycles. The zero-order valence-corrected chi connectivity index (χ0v) is 7.09. The van der Waals surface area contributed by atoms with Crippen LogP contribution in [0, 0.1) is 0 Å². The summed E-state index contributed by atoms with van der Waals surface area (Å²) >= 11 is 0. The Morgan fingerprint density at radius 1 is 1.57 bits per heavy atom. The van der Waals surface area contributed by atoms with Gasteiger partial charge in [-0.2, -0.15) is 0 Å². The van der Waals surface area contributed by atoms with Crippen LogP contribution >= 0.6 is 0 Å². The summed E-state index contributed by atoms with van der Waals surface area (Å²) in [6, 6.07) is 0.967. The van der Waals surface area contributed by atoms with Crippen molar-refractivity contribution in [3.63, 3.8) is 0 Å². The molecule has 4 nitrogen and oxygen atoms in total. The summed E-state index contributed by atoms with van der Waals surface area (Å²) in [5.41, 5.74) is 3.36. The second-order valence-electron chi connectivity index (χ2n) is 2.61. The topological polar surface area (TPSA) is 76.0 Å². The summed E-state index contributed by atoms with van der Waals surface area (Å²) in [7, 11) is 0. The number of pyridine rings is 1. The number of nitrogens with two attached hydrogens (primary N) is 1. The lowest BCUT2D eigenvalue weighted by Gasteiger charge is -2.04. The molecule has 0 unspecified atom stereocenters. The maximum absolute atomic E-state index is 12.3. The molecule has 0 fully saturated rings. The highest BCUT2D eigenvalue weighted by Gasteiger charge is 2.17. The summed E-state index contributed by atoms with van der Waals surface area (Å²) in [5, 5.41) is 0. The second-order valence-corrected chi connectivity index (χ2v) is 2.61. The molecule has 0 aliphatic rings. The van der Waals surface area contributed by atoms with E-state index in [1.165, 1.54) is 0 Å². The average Bonchev–Trinajstić information content (AvgIpc) is 2.15. The predicted molar refractivity (Wildman–Crippen MR) is 45.3 cm³/mol. The number of aromatic amines is 1. The van der Waals surface area contributed by atoms with E-state index in [0.29, 0.717) is 0 Å². The Morgan fingerprint density at radius 2 is 2.21 bits per heavy atom. The van der Waals surface area contributed by atoms with Crippen molar-refractivity contribution >= 4 is 6.29 Å². The van der Waals surface area contributed by atoms with Crippen LogP contribution in [0.4, 0.5) is 8.78 Å². The average molecular weight is 202 g/mol. The smallest absolute Gasteiger partial charge is 0.269 e. The first-order chi connectivity index (χ1) is 6.60. The van der Waals surface area contributed by atoms with E-state index in [9.17, 15) is 18.4 Å². The molecule has 1 aromatic rings. The summed E-state index contributed by atoms with van der Waals surface area (Å²) in [6.45, 7) is -0.0143. The van der Waals surface area contributed by atoms with E-state index in [2.05, 4.69) is 4.98 Å². The maximum Gasteiger partial charge on any atom is 0.269 e. The highest BCUT2D eigenvalue weighted by molar-refractivity contribution is 5.74. The molecular formula is C8H8F2N2O2. The molecule has 0 saturated carbocycles. The lowest BCUT2D eigenvalue weighted by atomic mass is 10.2. The highest BCUT2D eigenvalue weighted by atomic mass is 19.3. The molecule has 0 saturated heterocycles. The van der Waals surface area contributed by atoms with Crippen molar-refractivity contribution in [3.8, 4) is 0 Å². The standard InChI is InChI=1S/C8H8F2N2O2/c9-8(10)7-5(3-13)12-4(2-11)1-6(7)14/h1,3,8H,2,11H2,(H,12,14). The van der Waals surface area contributed by atoms with Crippen LogP contribution in [0.2, 0.25) is 0 Å². The number of halogens is 2. The van der Waals surface area contributed by atoms with Gasteiger partial charge < -0.3 is 10.7 Å². The van der Waals surface area contributed by atoms with E-state index in [1.54, 1.807) is 0 Å². The van der Waals surface area contributed by atoms with Gasteiger partial charge in [0.25, 0.3) is 6.43 Å². The van der Waals surface area contributed by atoms with Crippen molar-refractivity contribution in [1.29, 1.82) is 0 Å². The third-order valence-corrected chi connectivity index (χ3v) is 1.71. The molecule has 0 bridgehead atoms. The van der Waals surface area contributed by atoms with E-state index in [0.717, 1.165) is 6.07 Å². The van der Waals surface area contributed by atoms with Gasteiger partial charge in [0.1, 0.15) is 0 Å². The monoisotopic (exact) mass is 202 g/mol. The van der Waals surface area contributed by atoms with Crippen LogP contribution in [0.25, 0.3) is 0 Å². The van der Waals surface area contributed by atoms with E-state index in [-0.39, 0.29) is 18.5 Å². The van der Waals surface area contributed by atoms with Crippen molar-refractivity contribution in [3.05, 3.63) is 33.2 Å². The van der Waals surface area contributed by atoms with Gasteiger partial charge in [-0.1, -0.05) is 0 Å². The molecule has 1 heterocycles. The van der Waals surface area contributed by atoms with Gasteiger partial charge in [-0.3, -0.25) is 9.59 Å². The fraction of sp³-hybridized carbons (Fsp3) is 0.250. The lowest BCUT2D eigenvalue weighted by molar-refractivity contribution is 0.110. The second kappa shape index (κ2) is 4.10. The molecule has 14 heavy (non-hydrogen) atoms. The lowest BCUT2D eigenvalue weighted by Crippen LogP contribution is -2.17. The quantitative estimate of drug-likeness (QED) is 0.704. The van der Waals surface area contributed by atoms with Crippen molar-refractivity contribution in [2.75, 3.05) is 0 Å². The molecule has 0 aliphatic heterocycles. The Bertz CT molecular complexity index is 401. The van der Waals surface area contributed by atoms with Gasteiger partial charge in [-0.15, -0.1) is 0 Å². The zero-order chi connectivity index (χ0) is 10.7. The van der Waals surface area contributed by atoms with Crippen molar-refractivity contribution in [2.24, 2.45) is 5.73 Å². The largest absolute Gasteiger partial charge is 0.355 e. The van der Waals surface area contributed by atoms with Gasteiger partial charge in [0.15, 0.2) is 11.7 Å². The van der Waals surface area contributed by atoms with Crippen molar-refractivity contribution in [1.82, 2.24) is 4.98 Å². The van der Waals surface area contributed by atoms with E-state index < -0.39 is 23.1 Å². The van der Waals surface area contributed by atoms with Crippen molar-refractivity contribution in [2.45, 2.75) is 13.0 Å². The predicted octanol–water partition coefficient (Wildman–Crippen LogP) is 0.584.